The van der Waals surface area contributed by atoms with Crippen molar-refractivity contribution in [2.75, 3.05) is 13.1 Å². The summed E-state index contributed by atoms with van der Waals surface area (Å²) in [7, 11) is 0. The van der Waals surface area contributed by atoms with Gasteiger partial charge in [0.1, 0.15) is 0 Å². The molecule has 1 fully saturated rings. The molecule has 1 aliphatic heterocycles. The van der Waals surface area contributed by atoms with Crippen molar-refractivity contribution in [2.24, 2.45) is 5.92 Å². The van der Waals surface area contributed by atoms with E-state index in [-0.39, 0.29) is 23.9 Å². The maximum Gasteiger partial charge on any atom is 0.274 e. The lowest BCUT2D eigenvalue weighted by molar-refractivity contribution is -0.142. The van der Waals surface area contributed by atoms with Crippen LogP contribution in [-0.4, -0.2) is 52.0 Å². The molecule has 0 spiro atoms. The third-order valence-electron chi connectivity index (χ3n) is 4.47. The lowest BCUT2D eigenvalue weighted by Gasteiger charge is -2.45. The molecule has 1 saturated heterocycles. The molecule has 6 heteroatoms. The van der Waals surface area contributed by atoms with Crippen LogP contribution in [0, 0.1) is 5.92 Å². The normalized spacial score (nSPS) is 21.8. The SMILES string of the molecule is CC(C)C(=O)N1C(C)CN(Cc2ccc(C(=O)NO)cc2)CC1C. The summed E-state index contributed by atoms with van der Waals surface area (Å²) in [5, 5.41) is 8.65. The second-order valence-electron chi connectivity index (χ2n) is 6.93. The number of carbonyl (C=O) groups is 2. The number of hydroxylamine groups is 1. The lowest BCUT2D eigenvalue weighted by atomic mass is 10.0. The van der Waals surface area contributed by atoms with Gasteiger partial charge in [-0.25, -0.2) is 5.48 Å². The van der Waals surface area contributed by atoms with Crippen LogP contribution in [0.1, 0.15) is 43.6 Å². The molecule has 24 heavy (non-hydrogen) atoms. The van der Waals surface area contributed by atoms with Crippen LogP contribution in [0.25, 0.3) is 0 Å². The lowest BCUT2D eigenvalue weighted by Crippen LogP contribution is -2.59. The Morgan fingerprint density at radius 2 is 1.71 bits per heavy atom. The van der Waals surface area contributed by atoms with Crippen LogP contribution in [0.4, 0.5) is 0 Å². The van der Waals surface area contributed by atoms with Crippen LogP contribution >= 0.6 is 0 Å². The van der Waals surface area contributed by atoms with Crippen LogP contribution in [0.3, 0.4) is 0 Å². The zero-order valence-electron chi connectivity index (χ0n) is 14.8. The van der Waals surface area contributed by atoms with E-state index in [1.807, 2.05) is 30.9 Å². The number of hydrogen-bond acceptors (Lipinski definition) is 4. The summed E-state index contributed by atoms with van der Waals surface area (Å²) in [6, 6.07) is 7.56. The van der Waals surface area contributed by atoms with E-state index < -0.39 is 5.91 Å². The molecule has 1 aromatic carbocycles. The van der Waals surface area contributed by atoms with Crippen molar-refractivity contribution in [2.45, 2.75) is 46.3 Å². The molecule has 0 radical (unpaired) electrons. The Bertz CT molecular complexity index is 574. The van der Waals surface area contributed by atoms with Gasteiger partial charge >= 0.3 is 0 Å². The van der Waals surface area contributed by atoms with E-state index in [0.717, 1.165) is 25.2 Å². The quantitative estimate of drug-likeness (QED) is 0.652. The maximum atomic E-state index is 12.4. The predicted molar refractivity (Wildman–Crippen MR) is 91.6 cm³/mol. The highest BCUT2D eigenvalue weighted by Gasteiger charge is 2.33. The van der Waals surface area contributed by atoms with Crippen molar-refractivity contribution < 1.29 is 14.8 Å². The number of nitrogens with one attached hydrogen (secondary N) is 1. The maximum absolute atomic E-state index is 12.4. The Labute approximate surface area is 143 Å². The number of amides is 2. The molecule has 6 nitrogen and oxygen atoms in total. The highest BCUT2D eigenvalue weighted by atomic mass is 16.5. The van der Waals surface area contributed by atoms with Crippen LogP contribution in [0.15, 0.2) is 24.3 Å². The van der Waals surface area contributed by atoms with Gasteiger partial charge in [-0.15, -0.1) is 0 Å². The minimum Gasteiger partial charge on any atom is -0.334 e. The summed E-state index contributed by atoms with van der Waals surface area (Å²) in [6.07, 6.45) is 0. The van der Waals surface area contributed by atoms with E-state index in [9.17, 15) is 9.59 Å². The molecule has 2 amide bonds. The molecule has 0 saturated carbocycles. The van der Waals surface area contributed by atoms with Gasteiger partial charge in [0.05, 0.1) is 0 Å². The van der Waals surface area contributed by atoms with Gasteiger partial charge in [-0.3, -0.25) is 19.7 Å². The largest absolute Gasteiger partial charge is 0.334 e. The summed E-state index contributed by atoms with van der Waals surface area (Å²) in [6.45, 7) is 10.5. The van der Waals surface area contributed by atoms with E-state index in [2.05, 4.69) is 18.7 Å². The first-order valence-electron chi connectivity index (χ1n) is 8.41. The van der Waals surface area contributed by atoms with Crippen molar-refractivity contribution in [3.05, 3.63) is 35.4 Å². The van der Waals surface area contributed by atoms with Gasteiger partial charge in [-0.05, 0) is 31.5 Å². The van der Waals surface area contributed by atoms with E-state index in [1.165, 1.54) is 0 Å². The average molecular weight is 333 g/mol. The molecular weight excluding hydrogens is 306 g/mol. The highest BCUT2D eigenvalue weighted by Crippen LogP contribution is 2.20. The summed E-state index contributed by atoms with van der Waals surface area (Å²) in [4.78, 5) is 28.1. The smallest absolute Gasteiger partial charge is 0.274 e. The topological polar surface area (TPSA) is 72.9 Å². The van der Waals surface area contributed by atoms with E-state index in [1.54, 1.807) is 17.6 Å². The van der Waals surface area contributed by atoms with Crippen LogP contribution in [-0.2, 0) is 11.3 Å². The first-order chi connectivity index (χ1) is 11.3. The van der Waals surface area contributed by atoms with E-state index in [4.69, 9.17) is 5.21 Å². The van der Waals surface area contributed by atoms with Gasteiger partial charge in [0.25, 0.3) is 5.91 Å². The molecule has 2 rings (SSSR count). The number of benzene rings is 1. The second kappa shape index (κ2) is 7.77. The molecular formula is C18H27N3O3. The number of nitrogens with zero attached hydrogens (tertiary/aromatic N) is 2. The Morgan fingerprint density at radius 3 is 2.17 bits per heavy atom. The minimum absolute atomic E-state index is 0.0201. The van der Waals surface area contributed by atoms with E-state index in [0.29, 0.717) is 5.56 Å². The molecule has 0 aliphatic carbocycles. The summed E-state index contributed by atoms with van der Waals surface area (Å²) < 4.78 is 0. The molecule has 0 aromatic heterocycles. The number of rotatable bonds is 4. The van der Waals surface area contributed by atoms with E-state index >= 15 is 0 Å². The highest BCUT2D eigenvalue weighted by molar-refractivity contribution is 5.93. The third-order valence-corrected chi connectivity index (χ3v) is 4.47. The van der Waals surface area contributed by atoms with Gasteiger partial charge in [0.15, 0.2) is 0 Å². The Hall–Kier alpha value is -1.92. The summed E-state index contributed by atoms with van der Waals surface area (Å²) in [5.74, 6) is -0.273. The van der Waals surface area contributed by atoms with Crippen LogP contribution < -0.4 is 5.48 Å². The second-order valence-corrected chi connectivity index (χ2v) is 6.93. The number of carbonyl (C=O) groups excluding carboxylic acids is 2. The summed E-state index contributed by atoms with van der Waals surface area (Å²) in [5.41, 5.74) is 3.16. The van der Waals surface area contributed by atoms with Gasteiger partial charge in [-0.1, -0.05) is 26.0 Å². The monoisotopic (exact) mass is 333 g/mol. The van der Waals surface area contributed by atoms with Crippen molar-refractivity contribution in [3.63, 3.8) is 0 Å². The Morgan fingerprint density at radius 1 is 1.17 bits per heavy atom. The Kier molecular flexibility index (Phi) is 5.96. The third kappa shape index (κ3) is 4.13. The fraction of sp³-hybridized carbons (Fsp3) is 0.556. The van der Waals surface area contributed by atoms with Crippen molar-refractivity contribution in [1.82, 2.24) is 15.3 Å². The molecule has 1 heterocycles. The van der Waals surface area contributed by atoms with Crippen LogP contribution in [0.2, 0.25) is 0 Å². The van der Waals surface area contributed by atoms with Crippen molar-refractivity contribution in [1.29, 1.82) is 0 Å². The first-order valence-corrected chi connectivity index (χ1v) is 8.41. The molecule has 0 bridgehead atoms. The first kappa shape index (κ1) is 18.4. The van der Waals surface area contributed by atoms with Crippen LogP contribution in [0.5, 0.6) is 0 Å². The minimum atomic E-state index is -0.510. The zero-order valence-corrected chi connectivity index (χ0v) is 14.8. The molecule has 2 atom stereocenters. The molecule has 2 unspecified atom stereocenters. The number of hydrogen-bond donors (Lipinski definition) is 2. The fourth-order valence-electron chi connectivity index (χ4n) is 3.38. The van der Waals surface area contributed by atoms with Gasteiger partial charge in [0.2, 0.25) is 5.91 Å². The zero-order chi connectivity index (χ0) is 17.9. The average Bonchev–Trinajstić information content (AvgIpc) is 2.54. The fourth-order valence-corrected chi connectivity index (χ4v) is 3.38. The Balaban J connectivity index is 2.00. The van der Waals surface area contributed by atoms with Crippen molar-refractivity contribution in [3.8, 4) is 0 Å². The molecule has 132 valence electrons. The predicted octanol–water partition coefficient (Wildman–Crippen LogP) is 1.88. The molecule has 2 N–H and O–H groups in total. The summed E-state index contributed by atoms with van der Waals surface area (Å²) >= 11 is 0. The molecule has 1 aliphatic rings. The van der Waals surface area contributed by atoms with Crippen molar-refractivity contribution >= 4 is 11.8 Å². The molecule has 1 aromatic rings. The van der Waals surface area contributed by atoms with Gasteiger partial charge in [0, 0.05) is 43.2 Å². The van der Waals surface area contributed by atoms with Gasteiger partial charge < -0.3 is 4.90 Å². The van der Waals surface area contributed by atoms with Gasteiger partial charge in [-0.2, -0.15) is 0 Å². The number of piperazine rings is 1. The standard InChI is InChI=1S/C18H27N3O3/c1-12(2)18(23)21-13(3)9-20(10-14(21)4)11-15-5-7-16(8-6-15)17(22)19-24/h5-8,12-14,24H,9-11H2,1-4H3,(H,19,22).